The Morgan fingerprint density at radius 1 is 1.44 bits per heavy atom. The van der Waals surface area contributed by atoms with Gasteiger partial charge >= 0.3 is 0 Å². The maximum absolute atomic E-state index is 12.0. The van der Waals surface area contributed by atoms with Gasteiger partial charge in [-0.3, -0.25) is 4.68 Å². The summed E-state index contributed by atoms with van der Waals surface area (Å²) in [6.07, 6.45) is 0.511. The van der Waals surface area contributed by atoms with E-state index in [1.54, 1.807) is 4.68 Å². The molecule has 1 aromatic heterocycles. The van der Waals surface area contributed by atoms with Crippen molar-refractivity contribution < 1.29 is 8.42 Å². The first-order chi connectivity index (χ1) is 8.33. The van der Waals surface area contributed by atoms with E-state index in [1.807, 2.05) is 27.8 Å². The van der Waals surface area contributed by atoms with Crippen molar-refractivity contribution in [1.82, 2.24) is 14.5 Å². The lowest BCUT2D eigenvalue weighted by Gasteiger charge is -2.14. The fourth-order valence-corrected chi connectivity index (χ4v) is 3.15. The minimum absolute atomic E-state index is 0.136. The van der Waals surface area contributed by atoms with E-state index in [9.17, 15) is 8.42 Å². The highest BCUT2D eigenvalue weighted by Gasteiger charge is 2.22. The van der Waals surface area contributed by atoms with Gasteiger partial charge in [0.2, 0.25) is 10.0 Å². The number of aromatic nitrogens is 2. The van der Waals surface area contributed by atoms with Crippen LogP contribution in [0, 0.1) is 13.8 Å². The van der Waals surface area contributed by atoms with E-state index in [4.69, 9.17) is 5.73 Å². The zero-order valence-corrected chi connectivity index (χ0v) is 12.2. The Kier molecular flexibility index (Phi) is 4.89. The number of hydrogen-bond acceptors (Lipinski definition) is 4. The molecule has 0 saturated heterocycles. The molecular weight excluding hydrogens is 252 g/mol. The molecule has 7 heteroatoms. The number of nitrogens with two attached hydrogens (primary N) is 1. The molecule has 0 aliphatic heterocycles. The van der Waals surface area contributed by atoms with Crippen LogP contribution < -0.4 is 10.5 Å². The summed E-state index contributed by atoms with van der Waals surface area (Å²) in [5, 5.41) is 3.72. The molecule has 1 atom stereocenters. The zero-order valence-electron chi connectivity index (χ0n) is 11.4. The van der Waals surface area contributed by atoms with E-state index in [-0.39, 0.29) is 13.1 Å². The topological polar surface area (TPSA) is 90.0 Å². The summed E-state index contributed by atoms with van der Waals surface area (Å²) in [6, 6.07) is 0. The summed E-state index contributed by atoms with van der Waals surface area (Å²) in [5.74, 6) is 0. The molecule has 0 spiro atoms. The van der Waals surface area contributed by atoms with E-state index < -0.39 is 15.3 Å². The van der Waals surface area contributed by atoms with Gasteiger partial charge in [-0.05, 0) is 20.3 Å². The quantitative estimate of drug-likeness (QED) is 0.775. The lowest BCUT2D eigenvalue weighted by molar-refractivity contribution is 0.560. The van der Waals surface area contributed by atoms with Gasteiger partial charge in [-0.25, -0.2) is 13.1 Å². The number of nitrogens with zero attached hydrogens (tertiary/aromatic N) is 2. The smallest absolute Gasteiger partial charge is 0.216 e. The standard InChI is InChI=1S/C11H22N4O2S/c1-5-10(6-12)18(16,17)13-7-11-8(2)14-15(4)9(11)3/h10,13H,5-7,12H2,1-4H3. The molecule has 1 rings (SSSR count). The maximum atomic E-state index is 12.0. The van der Waals surface area contributed by atoms with Crippen molar-refractivity contribution in [2.75, 3.05) is 6.54 Å². The summed E-state index contributed by atoms with van der Waals surface area (Å²) in [5.41, 5.74) is 8.21. The Bertz CT molecular complexity index is 503. The van der Waals surface area contributed by atoms with Crippen molar-refractivity contribution in [3.8, 4) is 0 Å². The van der Waals surface area contributed by atoms with Crippen molar-refractivity contribution >= 4 is 10.0 Å². The first-order valence-corrected chi connectivity index (χ1v) is 7.55. The number of rotatable bonds is 6. The molecule has 0 radical (unpaired) electrons. The zero-order chi connectivity index (χ0) is 13.9. The van der Waals surface area contributed by atoms with Crippen LogP contribution in [-0.4, -0.2) is 30.0 Å². The Hall–Kier alpha value is -0.920. The van der Waals surface area contributed by atoms with Gasteiger partial charge < -0.3 is 5.73 Å². The maximum Gasteiger partial charge on any atom is 0.216 e. The summed E-state index contributed by atoms with van der Waals surface area (Å²) >= 11 is 0. The van der Waals surface area contributed by atoms with Crippen LogP contribution in [0.1, 0.15) is 30.3 Å². The lowest BCUT2D eigenvalue weighted by Crippen LogP contribution is -2.38. The molecule has 0 aliphatic carbocycles. The van der Waals surface area contributed by atoms with Gasteiger partial charge in [-0.2, -0.15) is 5.10 Å². The van der Waals surface area contributed by atoms with E-state index in [1.165, 1.54) is 0 Å². The highest BCUT2D eigenvalue weighted by molar-refractivity contribution is 7.90. The van der Waals surface area contributed by atoms with Gasteiger partial charge in [0.05, 0.1) is 10.9 Å². The first-order valence-electron chi connectivity index (χ1n) is 6.01. The average molecular weight is 274 g/mol. The molecular formula is C11H22N4O2S. The molecule has 0 aromatic carbocycles. The van der Waals surface area contributed by atoms with Gasteiger partial charge in [0, 0.05) is 31.4 Å². The molecule has 104 valence electrons. The molecule has 18 heavy (non-hydrogen) atoms. The van der Waals surface area contributed by atoms with Gasteiger partial charge in [-0.1, -0.05) is 6.92 Å². The number of nitrogens with one attached hydrogen (secondary N) is 1. The van der Waals surface area contributed by atoms with Gasteiger partial charge in [-0.15, -0.1) is 0 Å². The van der Waals surface area contributed by atoms with Crippen LogP contribution in [-0.2, 0) is 23.6 Å². The third-order valence-electron chi connectivity index (χ3n) is 3.27. The fourth-order valence-electron chi connectivity index (χ4n) is 1.88. The van der Waals surface area contributed by atoms with Crippen LogP contribution in [0.4, 0.5) is 0 Å². The van der Waals surface area contributed by atoms with Crippen molar-refractivity contribution in [2.24, 2.45) is 12.8 Å². The second-order valence-corrected chi connectivity index (χ2v) is 6.45. The Morgan fingerprint density at radius 2 is 2.06 bits per heavy atom. The molecule has 0 amide bonds. The molecule has 1 unspecified atom stereocenters. The summed E-state index contributed by atoms with van der Waals surface area (Å²) in [4.78, 5) is 0. The predicted molar refractivity (Wildman–Crippen MR) is 71.6 cm³/mol. The first kappa shape index (κ1) is 15.1. The van der Waals surface area contributed by atoms with Crippen LogP contribution in [0.5, 0.6) is 0 Å². The Labute approximate surface area is 109 Å². The van der Waals surface area contributed by atoms with E-state index in [0.29, 0.717) is 6.42 Å². The highest BCUT2D eigenvalue weighted by atomic mass is 32.2. The summed E-state index contributed by atoms with van der Waals surface area (Å²) < 4.78 is 28.3. The van der Waals surface area contributed by atoms with Gasteiger partial charge in [0.1, 0.15) is 0 Å². The molecule has 0 saturated carbocycles. The van der Waals surface area contributed by atoms with E-state index in [2.05, 4.69) is 9.82 Å². The molecule has 3 N–H and O–H groups in total. The monoisotopic (exact) mass is 274 g/mol. The van der Waals surface area contributed by atoms with Crippen LogP contribution >= 0.6 is 0 Å². The largest absolute Gasteiger partial charge is 0.329 e. The van der Waals surface area contributed by atoms with Crippen molar-refractivity contribution in [3.05, 3.63) is 17.0 Å². The molecule has 6 nitrogen and oxygen atoms in total. The number of hydrogen-bond donors (Lipinski definition) is 2. The van der Waals surface area contributed by atoms with Crippen molar-refractivity contribution in [2.45, 2.75) is 39.0 Å². The van der Waals surface area contributed by atoms with Crippen LogP contribution in [0.3, 0.4) is 0 Å². The molecule has 0 fully saturated rings. The van der Waals surface area contributed by atoms with Crippen LogP contribution in [0.15, 0.2) is 0 Å². The van der Waals surface area contributed by atoms with Gasteiger partial charge in [0.25, 0.3) is 0 Å². The van der Waals surface area contributed by atoms with Crippen LogP contribution in [0.25, 0.3) is 0 Å². The van der Waals surface area contributed by atoms with Gasteiger partial charge in [0.15, 0.2) is 0 Å². The normalized spacial score (nSPS) is 13.8. The van der Waals surface area contributed by atoms with E-state index >= 15 is 0 Å². The Morgan fingerprint density at radius 3 is 2.44 bits per heavy atom. The number of aryl methyl sites for hydroxylation is 2. The molecule has 0 aliphatic rings. The SMILES string of the molecule is CCC(CN)S(=O)(=O)NCc1c(C)nn(C)c1C. The van der Waals surface area contributed by atoms with Crippen LogP contribution in [0.2, 0.25) is 0 Å². The fraction of sp³-hybridized carbons (Fsp3) is 0.727. The highest BCUT2D eigenvalue weighted by Crippen LogP contribution is 2.12. The minimum atomic E-state index is -3.36. The third-order valence-corrected chi connectivity index (χ3v) is 5.22. The minimum Gasteiger partial charge on any atom is -0.329 e. The second-order valence-electron chi connectivity index (χ2n) is 4.41. The van der Waals surface area contributed by atoms with Crippen molar-refractivity contribution in [1.29, 1.82) is 0 Å². The average Bonchev–Trinajstić information content (AvgIpc) is 2.52. The lowest BCUT2D eigenvalue weighted by atomic mass is 10.2. The molecule has 1 aromatic rings. The predicted octanol–water partition coefficient (Wildman–Crippen LogP) is 0.194. The Balaban J connectivity index is 2.82. The summed E-state index contributed by atoms with van der Waals surface area (Å²) in [7, 11) is -1.51. The van der Waals surface area contributed by atoms with Crippen molar-refractivity contribution in [3.63, 3.8) is 0 Å². The second kappa shape index (κ2) is 5.81. The van der Waals surface area contributed by atoms with E-state index in [0.717, 1.165) is 17.0 Å². The molecule has 1 heterocycles. The number of sulfonamides is 1. The summed E-state index contributed by atoms with van der Waals surface area (Å²) in [6.45, 7) is 6.01. The molecule has 0 bridgehead atoms. The third kappa shape index (κ3) is 3.09.